The van der Waals surface area contributed by atoms with E-state index >= 15 is 0 Å². The van der Waals surface area contributed by atoms with Crippen LogP contribution >= 0.6 is 0 Å². The normalized spacial score (nSPS) is 17.2. The van der Waals surface area contributed by atoms with Gasteiger partial charge < -0.3 is 16.0 Å². The molecule has 0 spiro atoms. The molecule has 9 nitrogen and oxygen atoms in total. The summed E-state index contributed by atoms with van der Waals surface area (Å²) in [5.41, 5.74) is 6.83. The lowest BCUT2D eigenvalue weighted by Crippen LogP contribution is -2.40. The van der Waals surface area contributed by atoms with Gasteiger partial charge in [0, 0.05) is 23.7 Å². The predicted molar refractivity (Wildman–Crippen MR) is 143 cm³/mol. The van der Waals surface area contributed by atoms with Crippen LogP contribution in [-0.2, 0) is 9.84 Å². The molecule has 190 valence electrons. The highest BCUT2D eigenvalue weighted by molar-refractivity contribution is 7.91. The number of nitrogens with two attached hydrogens (primary N) is 1. The number of primary amides is 1. The lowest BCUT2D eigenvalue weighted by atomic mass is 9.97. The SMILES string of the molecule is CC1CN(c2nccc(S(=O)(=O)c3cccc(Nc4cnc5ccccc5c4)n3)c2C(N)=O)C(C)(C)C1. The molecule has 0 saturated carbocycles. The number of sulfone groups is 1. The zero-order chi connectivity index (χ0) is 26.4. The number of carbonyl (C=O) groups excluding carboxylic acids is 1. The minimum atomic E-state index is -4.20. The van der Waals surface area contributed by atoms with Crippen LogP contribution in [0.15, 0.2) is 76.9 Å². The average molecular weight is 517 g/mol. The average Bonchev–Trinajstić information content (AvgIpc) is 3.15. The molecule has 4 aromatic rings. The van der Waals surface area contributed by atoms with Crippen molar-refractivity contribution in [1.29, 1.82) is 0 Å². The molecule has 1 aliphatic rings. The molecule has 1 unspecified atom stereocenters. The van der Waals surface area contributed by atoms with Crippen LogP contribution in [0.5, 0.6) is 0 Å². The third-order valence-electron chi connectivity index (χ3n) is 6.62. The maximum Gasteiger partial charge on any atom is 0.253 e. The molecule has 10 heteroatoms. The summed E-state index contributed by atoms with van der Waals surface area (Å²) in [4.78, 5) is 27.6. The van der Waals surface area contributed by atoms with E-state index in [1.165, 1.54) is 18.3 Å². The lowest BCUT2D eigenvalue weighted by Gasteiger charge is -2.33. The van der Waals surface area contributed by atoms with Gasteiger partial charge in [0.1, 0.15) is 17.2 Å². The Kier molecular flexibility index (Phi) is 6.07. The van der Waals surface area contributed by atoms with Gasteiger partial charge in [0.25, 0.3) is 5.91 Å². The van der Waals surface area contributed by atoms with E-state index in [0.717, 1.165) is 17.3 Å². The molecule has 1 aromatic carbocycles. The molecule has 1 saturated heterocycles. The maximum absolute atomic E-state index is 13.8. The Morgan fingerprint density at radius 1 is 1.11 bits per heavy atom. The van der Waals surface area contributed by atoms with Crippen LogP contribution in [0.4, 0.5) is 17.3 Å². The van der Waals surface area contributed by atoms with Gasteiger partial charge in [-0.2, -0.15) is 0 Å². The lowest BCUT2D eigenvalue weighted by molar-refractivity contribution is 0.0997. The number of amides is 1. The summed E-state index contributed by atoms with van der Waals surface area (Å²) >= 11 is 0. The highest BCUT2D eigenvalue weighted by Gasteiger charge is 2.40. The van der Waals surface area contributed by atoms with Crippen LogP contribution in [0, 0.1) is 5.92 Å². The largest absolute Gasteiger partial charge is 0.365 e. The first-order chi connectivity index (χ1) is 17.6. The number of carbonyl (C=O) groups is 1. The molecule has 3 N–H and O–H groups in total. The molecule has 1 aliphatic heterocycles. The second-order valence-electron chi connectivity index (χ2n) is 10.0. The number of hydrogen-bond acceptors (Lipinski definition) is 8. The molecular weight excluding hydrogens is 488 g/mol. The Morgan fingerprint density at radius 3 is 2.62 bits per heavy atom. The van der Waals surface area contributed by atoms with Gasteiger partial charge in [-0.05, 0) is 56.5 Å². The van der Waals surface area contributed by atoms with Crippen molar-refractivity contribution in [1.82, 2.24) is 15.0 Å². The van der Waals surface area contributed by atoms with Crippen molar-refractivity contribution in [3.63, 3.8) is 0 Å². The van der Waals surface area contributed by atoms with E-state index in [4.69, 9.17) is 5.73 Å². The van der Waals surface area contributed by atoms with Crippen molar-refractivity contribution in [2.75, 3.05) is 16.8 Å². The van der Waals surface area contributed by atoms with Crippen molar-refractivity contribution in [3.05, 3.63) is 72.6 Å². The number of pyridine rings is 3. The molecule has 3 aromatic heterocycles. The third-order valence-corrected chi connectivity index (χ3v) is 8.32. The zero-order valence-electron chi connectivity index (χ0n) is 20.8. The van der Waals surface area contributed by atoms with Crippen molar-refractivity contribution in [2.24, 2.45) is 11.7 Å². The van der Waals surface area contributed by atoms with Crippen molar-refractivity contribution in [2.45, 2.75) is 42.7 Å². The Morgan fingerprint density at radius 2 is 1.89 bits per heavy atom. The Balaban J connectivity index is 1.54. The molecule has 5 rings (SSSR count). The molecule has 0 bridgehead atoms. The number of benzene rings is 1. The van der Waals surface area contributed by atoms with Gasteiger partial charge in [-0.25, -0.2) is 18.4 Å². The van der Waals surface area contributed by atoms with Gasteiger partial charge in [-0.1, -0.05) is 31.2 Å². The Bertz CT molecular complexity index is 1620. The van der Waals surface area contributed by atoms with E-state index < -0.39 is 15.7 Å². The van der Waals surface area contributed by atoms with Crippen LogP contribution in [0.3, 0.4) is 0 Å². The number of para-hydroxylation sites is 1. The summed E-state index contributed by atoms with van der Waals surface area (Å²) < 4.78 is 27.5. The fraction of sp³-hybridized carbons (Fsp3) is 0.259. The molecule has 1 atom stereocenters. The molecule has 1 amide bonds. The third kappa shape index (κ3) is 4.60. The first kappa shape index (κ1) is 24.6. The highest BCUT2D eigenvalue weighted by atomic mass is 32.2. The summed E-state index contributed by atoms with van der Waals surface area (Å²) in [6.07, 6.45) is 3.93. The summed E-state index contributed by atoms with van der Waals surface area (Å²) in [7, 11) is -4.20. The minimum absolute atomic E-state index is 0.122. The molecule has 0 aliphatic carbocycles. The van der Waals surface area contributed by atoms with Crippen molar-refractivity contribution in [3.8, 4) is 0 Å². The summed E-state index contributed by atoms with van der Waals surface area (Å²) in [6, 6.07) is 15.5. The molecule has 1 fully saturated rings. The summed E-state index contributed by atoms with van der Waals surface area (Å²) in [6.45, 7) is 6.84. The Hall–Kier alpha value is -4.05. The van der Waals surface area contributed by atoms with E-state index in [1.807, 2.05) is 49.1 Å². The number of hydrogen-bond donors (Lipinski definition) is 2. The van der Waals surface area contributed by atoms with Crippen LogP contribution in [-0.4, -0.2) is 41.4 Å². The molecule has 4 heterocycles. The van der Waals surface area contributed by atoms with Gasteiger partial charge in [-0.15, -0.1) is 0 Å². The molecule has 37 heavy (non-hydrogen) atoms. The summed E-state index contributed by atoms with van der Waals surface area (Å²) in [5.74, 6) is 0.0994. The van der Waals surface area contributed by atoms with Gasteiger partial charge >= 0.3 is 0 Å². The van der Waals surface area contributed by atoms with E-state index in [9.17, 15) is 13.2 Å². The van der Waals surface area contributed by atoms with Crippen LogP contribution in [0.2, 0.25) is 0 Å². The number of fused-ring (bicyclic) bond motifs is 1. The Labute approximate surface area is 215 Å². The standard InChI is InChI=1S/C27H28N6O3S/c1-17-14-27(2,3)33(16-17)26-24(25(28)34)21(11-12-29-26)37(35,36)23-10-6-9-22(32-23)31-19-13-18-7-4-5-8-20(18)30-15-19/h4-13,15,17H,14,16H2,1-3H3,(H2,28,34)(H,31,32). The predicted octanol–water partition coefficient (Wildman–Crippen LogP) is 4.32. The van der Waals surface area contributed by atoms with Gasteiger partial charge in [0.05, 0.1) is 22.3 Å². The van der Waals surface area contributed by atoms with E-state index in [2.05, 4.69) is 27.2 Å². The van der Waals surface area contributed by atoms with Gasteiger partial charge in [0.15, 0.2) is 5.03 Å². The van der Waals surface area contributed by atoms with E-state index in [0.29, 0.717) is 24.0 Å². The van der Waals surface area contributed by atoms with Gasteiger partial charge in [0.2, 0.25) is 9.84 Å². The van der Waals surface area contributed by atoms with Crippen LogP contribution in [0.1, 0.15) is 37.6 Å². The van der Waals surface area contributed by atoms with Crippen molar-refractivity contribution < 1.29 is 13.2 Å². The quantitative estimate of drug-likeness (QED) is 0.387. The first-order valence-corrected chi connectivity index (χ1v) is 13.4. The second kappa shape index (κ2) is 9.11. The number of rotatable bonds is 6. The van der Waals surface area contributed by atoms with E-state index in [1.54, 1.807) is 18.3 Å². The van der Waals surface area contributed by atoms with Crippen molar-refractivity contribution >= 4 is 44.0 Å². The summed E-state index contributed by atoms with van der Waals surface area (Å²) in [5, 5.41) is 3.85. The number of nitrogens with zero attached hydrogens (tertiary/aromatic N) is 4. The first-order valence-electron chi connectivity index (χ1n) is 12.0. The minimum Gasteiger partial charge on any atom is -0.365 e. The molecule has 0 radical (unpaired) electrons. The topological polar surface area (TPSA) is 131 Å². The van der Waals surface area contributed by atoms with E-state index in [-0.39, 0.29) is 26.8 Å². The van der Waals surface area contributed by atoms with Gasteiger partial charge in [-0.3, -0.25) is 9.78 Å². The second-order valence-corrected chi connectivity index (χ2v) is 11.9. The number of nitrogens with one attached hydrogen (secondary N) is 1. The number of anilines is 3. The zero-order valence-corrected chi connectivity index (χ0v) is 21.7. The van der Waals surface area contributed by atoms with Crippen LogP contribution in [0.25, 0.3) is 10.9 Å². The highest BCUT2D eigenvalue weighted by Crippen LogP contribution is 2.39. The maximum atomic E-state index is 13.8. The fourth-order valence-electron chi connectivity index (χ4n) is 5.09. The smallest absolute Gasteiger partial charge is 0.253 e. The van der Waals surface area contributed by atoms with Crippen LogP contribution < -0.4 is 16.0 Å². The fourth-order valence-corrected chi connectivity index (χ4v) is 6.49. The molecular formula is C27H28N6O3S. The number of aromatic nitrogens is 3. The monoisotopic (exact) mass is 516 g/mol.